The number of aromatic nitrogens is 2. The summed E-state index contributed by atoms with van der Waals surface area (Å²) in [6, 6.07) is 0. The van der Waals surface area contributed by atoms with Crippen molar-refractivity contribution in [3.63, 3.8) is 0 Å². The van der Waals surface area contributed by atoms with Gasteiger partial charge in [0.15, 0.2) is 0 Å². The van der Waals surface area contributed by atoms with Crippen LogP contribution in [-0.2, 0) is 4.74 Å². The van der Waals surface area contributed by atoms with Crippen LogP contribution in [0.3, 0.4) is 0 Å². The van der Waals surface area contributed by atoms with Crippen LogP contribution in [0, 0.1) is 0 Å². The maximum absolute atomic E-state index is 5.42. The van der Waals surface area contributed by atoms with Gasteiger partial charge in [-0.1, -0.05) is 13.8 Å². The van der Waals surface area contributed by atoms with Crippen LogP contribution in [0.2, 0.25) is 0 Å². The summed E-state index contributed by atoms with van der Waals surface area (Å²) < 4.78 is 7.28. The fourth-order valence-electron chi connectivity index (χ4n) is 1.17. The Labute approximate surface area is 79.7 Å². The maximum atomic E-state index is 5.42. The van der Waals surface area contributed by atoms with E-state index in [1.807, 2.05) is 30.9 Å². The van der Waals surface area contributed by atoms with E-state index < -0.39 is 0 Å². The maximum Gasteiger partial charge on any atom is 0.147 e. The van der Waals surface area contributed by atoms with Gasteiger partial charge in [0.1, 0.15) is 6.23 Å². The summed E-state index contributed by atoms with van der Waals surface area (Å²) in [5.74, 6) is 0.530. The zero-order valence-electron chi connectivity index (χ0n) is 8.82. The van der Waals surface area contributed by atoms with Gasteiger partial charge in [0, 0.05) is 12.8 Å². The van der Waals surface area contributed by atoms with Crippen molar-refractivity contribution in [1.82, 2.24) is 9.78 Å². The number of rotatable bonds is 4. The standard InChI is InChI=1S/C10H18N2O/c1-5-13-9(4)12-7-10(6-11-12)8(2)3/h6-9H,5H2,1-4H3. The smallest absolute Gasteiger partial charge is 0.147 e. The van der Waals surface area contributed by atoms with Crippen LogP contribution in [0.15, 0.2) is 12.4 Å². The summed E-state index contributed by atoms with van der Waals surface area (Å²) in [4.78, 5) is 0. The van der Waals surface area contributed by atoms with Gasteiger partial charge in [-0.3, -0.25) is 0 Å². The van der Waals surface area contributed by atoms with Gasteiger partial charge in [-0.15, -0.1) is 0 Å². The molecule has 0 aliphatic heterocycles. The molecule has 0 aliphatic rings. The summed E-state index contributed by atoms with van der Waals surface area (Å²) >= 11 is 0. The van der Waals surface area contributed by atoms with Crippen LogP contribution in [0.25, 0.3) is 0 Å². The Morgan fingerprint density at radius 3 is 2.62 bits per heavy atom. The number of nitrogens with zero attached hydrogens (tertiary/aromatic N) is 2. The molecule has 0 radical (unpaired) electrons. The highest BCUT2D eigenvalue weighted by Crippen LogP contribution is 2.15. The van der Waals surface area contributed by atoms with Crippen molar-refractivity contribution in [1.29, 1.82) is 0 Å². The average molecular weight is 182 g/mol. The zero-order chi connectivity index (χ0) is 9.84. The molecule has 13 heavy (non-hydrogen) atoms. The predicted molar refractivity (Wildman–Crippen MR) is 52.7 cm³/mol. The van der Waals surface area contributed by atoms with Crippen LogP contribution >= 0.6 is 0 Å². The second-order valence-corrected chi connectivity index (χ2v) is 3.46. The Morgan fingerprint density at radius 2 is 2.15 bits per heavy atom. The largest absolute Gasteiger partial charge is 0.357 e. The third-order valence-electron chi connectivity index (χ3n) is 2.07. The Bertz CT molecular complexity index is 255. The van der Waals surface area contributed by atoms with Gasteiger partial charge in [-0.2, -0.15) is 5.10 Å². The fourth-order valence-corrected chi connectivity index (χ4v) is 1.17. The van der Waals surface area contributed by atoms with E-state index in [1.54, 1.807) is 0 Å². The lowest BCUT2D eigenvalue weighted by Crippen LogP contribution is -2.09. The summed E-state index contributed by atoms with van der Waals surface area (Å²) in [6.45, 7) is 9.03. The molecule has 0 saturated carbocycles. The van der Waals surface area contributed by atoms with Gasteiger partial charge in [0.05, 0.1) is 6.20 Å². The van der Waals surface area contributed by atoms with Gasteiger partial charge in [-0.05, 0) is 25.3 Å². The van der Waals surface area contributed by atoms with Gasteiger partial charge in [0.25, 0.3) is 0 Å². The average Bonchev–Trinajstić information content (AvgIpc) is 2.52. The minimum Gasteiger partial charge on any atom is -0.357 e. The van der Waals surface area contributed by atoms with Gasteiger partial charge < -0.3 is 4.74 Å². The van der Waals surface area contributed by atoms with Crippen LogP contribution in [-0.4, -0.2) is 16.4 Å². The molecule has 0 aliphatic carbocycles. The second-order valence-electron chi connectivity index (χ2n) is 3.46. The summed E-state index contributed by atoms with van der Waals surface area (Å²) in [5, 5.41) is 4.25. The second kappa shape index (κ2) is 4.42. The molecule has 3 nitrogen and oxygen atoms in total. The topological polar surface area (TPSA) is 27.1 Å². The minimum atomic E-state index is 0.0394. The molecule has 1 aromatic heterocycles. The monoisotopic (exact) mass is 182 g/mol. The lowest BCUT2D eigenvalue weighted by Gasteiger charge is -2.11. The van der Waals surface area contributed by atoms with Crippen molar-refractivity contribution >= 4 is 0 Å². The van der Waals surface area contributed by atoms with Crippen molar-refractivity contribution < 1.29 is 4.74 Å². The van der Waals surface area contributed by atoms with Gasteiger partial charge in [-0.25, -0.2) is 4.68 Å². The van der Waals surface area contributed by atoms with Gasteiger partial charge in [0.2, 0.25) is 0 Å². The molecule has 1 heterocycles. The third kappa shape index (κ3) is 2.56. The first kappa shape index (κ1) is 10.3. The molecular formula is C10H18N2O. The van der Waals surface area contributed by atoms with Crippen molar-refractivity contribution in [3.05, 3.63) is 18.0 Å². The normalized spacial score (nSPS) is 13.6. The van der Waals surface area contributed by atoms with Crippen LogP contribution in [0.5, 0.6) is 0 Å². The first-order chi connectivity index (χ1) is 6.15. The molecular weight excluding hydrogens is 164 g/mol. The first-order valence-electron chi connectivity index (χ1n) is 4.80. The SMILES string of the molecule is CCOC(C)n1cc(C(C)C)cn1. The van der Waals surface area contributed by atoms with Gasteiger partial charge >= 0.3 is 0 Å². The van der Waals surface area contributed by atoms with E-state index in [4.69, 9.17) is 4.74 Å². The minimum absolute atomic E-state index is 0.0394. The van der Waals surface area contributed by atoms with Crippen molar-refractivity contribution in [2.45, 2.75) is 39.8 Å². The van der Waals surface area contributed by atoms with E-state index >= 15 is 0 Å². The Kier molecular flexibility index (Phi) is 3.48. The third-order valence-corrected chi connectivity index (χ3v) is 2.07. The first-order valence-corrected chi connectivity index (χ1v) is 4.80. The highest BCUT2D eigenvalue weighted by molar-refractivity contribution is 5.08. The molecule has 0 spiro atoms. The lowest BCUT2D eigenvalue weighted by molar-refractivity contribution is 0.0159. The van der Waals surface area contributed by atoms with E-state index in [0.29, 0.717) is 5.92 Å². The van der Waals surface area contributed by atoms with Crippen molar-refractivity contribution in [2.75, 3.05) is 6.61 Å². The summed E-state index contributed by atoms with van der Waals surface area (Å²) in [7, 11) is 0. The van der Waals surface area contributed by atoms with Crippen LogP contribution in [0.4, 0.5) is 0 Å². The van der Waals surface area contributed by atoms with Crippen LogP contribution < -0.4 is 0 Å². The predicted octanol–water partition coefficient (Wildman–Crippen LogP) is 2.56. The van der Waals surface area contributed by atoms with E-state index in [2.05, 4.69) is 18.9 Å². The molecule has 0 aromatic carbocycles. The molecule has 0 N–H and O–H groups in total. The molecule has 0 bridgehead atoms. The number of ether oxygens (including phenoxy) is 1. The van der Waals surface area contributed by atoms with Crippen LogP contribution in [0.1, 0.15) is 45.4 Å². The van der Waals surface area contributed by atoms with E-state index in [1.165, 1.54) is 5.56 Å². The molecule has 3 heteroatoms. The Morgan fingerprint density at radius 1 is 1.46 bits per heavy atom. The lowest BCUT2D eigenvalue weighted by atomic mass is 10.1. The summed E-state index contributed by atoms with van der Waals surface area (Å²) in [6.07, 6.45) is 3.99. The fraction of sp³-hybridized carbons (Fsp3) is 0.700. The quantitative estimate of drug-likeness (QED) is 0.715. The Hall–Kier alpha value is -0.830. The van der Waals surface area contributed by atoms with Crippen molar-refractivity contribution in [3.8, 4) is 0 Å². The number of hydrogen-bond donors (Lipinski definition) is 0. The highest BCUT2D eigenvalue weighted by atomic mass is 16.5. The molecule has 0 saturated heterocycles. The Balaban J connectivity index is 2.67. The molecule has 1 unspecified atom stereocenters. The molecule has 74 valence electrons. The number of hydrogen-bond acceptors (Lipinski definition) is 2. The summed E-state index contributed by atoms with van der Waals surface area (Å²) in [5.41, 5.74) is 1.26. The zero-order valence-corrected chi connectivity index (χ0v) is 8.82. The van der Waals surface area contributed by atoms with E-state index in [-0.39, 0.29) is 6.23 Å². The molecule has 1 aromatic rings. The van der Waals surface area contributed by atoms with E-state index in [0.717, 1.165) is 6.61 Å². The highest BCUT2D eigenvalue weighted by Gasteiger charge is 2.07. The molecule has 0 fully saturated rings. The van der Waals surface area contributed by atoms with E-state index in [9.17, 15) is 0 Å². The molecule has 1 atom stereocenters. The molecule has 1 rings (SSSR count). The molecule has 0 amide bonds. The van der Waals surface area contributed by atoms with Crippen molar-refractivity contribution in [2.24, 2.45) is 0 Å².